The van der Waals surface area contributed by atoms with Gasteiger partial charge in [0.25, 0.3) is 0 Å². The van der Waals surface area contributed by atoms with Crippen LogP contribution in [-0.4, -0.2) is 11.7 Å². The van der Waals surface area contributed by atoms with Crippen LogP contribution in [0, 0.1) is 5.92 Å². The van der Waals surface area contributed by atoms with Crippen molar-refractivity contribution >= 4 is 5.57 Å². The molecule has 1 heteroatoms. The van der Waals surface area contributed by atoms with Crippen LogP contribution >= 0.6 is 0 Å². The lowest BCUT2D eigenvalue weighted by molar-refractivity contribution is 0.234. The lowest BCUT2D eigenvalue weighted by Crippen LogP contribution is -2.14. The average Bonchev–Trinajstić information content (AvgIpc) is 2.67. The minimum absolute atomic E-state index is 0.326. The van der Waals surface area contributed by atoms with Gasteiger partial charge >= 0.3 is 0 Å². The van der Waals surface area contributed by atoms with Gasteiger partial charge in [0.15, 0.2) is 0 Å². The number of aliphatic hydroxyl groups is 1. The molecule has 0 amide bonds. The summed E-state index contributed by atoms with van der Waals surface area (Å²) in [5.41, 5.74) is 5.97. The minimum atomic E-state index is 0.326. The molecular formula is C14H16O. The zero-order chi connectivity index (χ0) is 10.3. The molecule has 0 saturated heterocycles. The number of hydrogen-bond donors (Lipinski definition) is 1. The van der Waals surface area contributed by atoms with Crippen LogP contribution in [0.4, 0.5) is 0 Å². The average molecular weight is 200 g/mol. The summed E-state index contributed by atoms with van der Waals surface area (Å²) in [5.74, 6) is 0.432. The first-order valence-corrected chi connectivity index (χ1v) is 5.81. The van der Waals surface area contributed by atoms with E-state index >= 15 is 0 Å². The highest BCUT2D eigenvalue weighted by Crippen LogP contribution is 2.43. The Hall–Kier alpha value is -1.08. The summed E-state index contributed by atoms with van der Waals surface area (Å²) in [5, 5.41) is 9.38. The molecule has 0 bridgehead atoms. The van der Waals surface area contributed by atoms with Gasteiger partial charge in [0.05, 0.1) is 0 Å². The van der Waals surface area contributed by atoms with Gasteiger partial charge in [-0.05, 0) is 42.4 Å². The van der Waals surface area contributed by atoms with Gasteiger partial charge in [-0.25, -0.2) is 0 Å². The van der Waals surface area contributed by atoms with E-state index in [0.717, 1.165) is 6.42 Å². The van der Waals surface area contributed by atoms with Gasteiger partial charge in [-0.1, -0.05) is 29.8 Å². The van der Waals surface area contributed by atoms with Crippen molar-refractivity contribution in [2.75, 3.05) is 6.61 Å². The second-order valence-corrected chi connectivity index (χ2v) is 4.61. The van der Waals surface area contributed by atoms with Crippen LogP contribution in [0.2, 0.25) is 0 Å². The Morgan fingerprint density at radius 3 is 3.00 bits per heavy atom. The summed E-state index contributed by atoms with van der Waals surface area (Å²) in [7, 11) is 0. The van der Waals surface area contributed by atoms with E-state index in [1.807, 2.05) is 0 Å². The highest BCUT2D eigenvalue weighted by Gasteiger charge is 2.28. The lowest BCUT2D eigenvalue weighted by Gasteiger charge is -2.23. The van der Waals surface area contributed by atoms with Crippen LogP contribution in [0.5, 0.6) is 0 Å². The number of rotatable bonds is 1. The normalized spacial score (nSPS) is 23.9. The first-order chi connectivity index (χ1) is 7.40. The molecule has 15 heavy (non-hydrogen) atoms. The van der Waals surface area contributed by atoms with Crippen LogP contribution in [-0.2, 0) is 6.42 Å². The second-order valence-electron chi connectivity index (χ2n) is 4.61. The predicted molar refractivity (Wildman–Crippen MR) is 61.5 cm³/mol. The molecule has 0 aromatic heterocycles. The van der Waals surface area contributed by atoms with E-state index < -0.39 is 0 Å². The van der Waals surface area contributed by atoms with Crippen molar-refractivity contribution in [3.05, 3.63) is 41.0 Å². The molecule has 0 aliphatic heterocycles. The summed E-state index contributed by atoms with van der Waals surface area (Å²) in [6.45, 7) is 0.326. The molecule has 0 saturated carbocycles. The summed E-state index contributed by atoms with van der Waals surface area (Å²) in [6.07, 6.45) is 4.70. The van der Waals surface area contributed by atoms with E-state index in [4.69, 9.17) is 0 Å². The minimum Gasteiger partial charge on any atom is -0.396 e. The summed E-state index contributed by atoms with van der Waals surface area (Å²) in [4.78, 5) is 0. The standard InChI is InChI=1S/C14H16O/c15-9-11-5-3-7-13-12-6-2-1-4-10(12)8-14(11)13/h1-2,4,6,11,15H,3,5,7-9H2. The highest BCUT2D eigenvalue weighted by atomic mass is 16.3. The molecule has 1 atom stereocenters. The molecule has 0 fully saturated rings. The molecule has 1 aromatic rings. The van der Waals surface area contributed by atoms with Crippen LogP contribution < -0.4 is 0 Å². The Morgan fingerprint density at radius 2 is 2.13 bits per heavy atom. The molecule has 1 unspecified atom stereocenters. The van der Waals surface area contributed by atoms with Crippen LogP contribution in [0.1, 0.15) is 30.4 Å². The van der Waals surface area contributed by atoms with E-state index in [1.165, 1.54) is 41.5 Å². The van der Waals surface area contributed by atoms with Crippen molar-refractivity contribution in [3.8, 4) is 0 Å². The van der Waals surface area contributed by atoms with Crippen molar-refractivity contribution in [3.63, 3.8) is 0 Å². The lowest BCUT2D eigenvalue weighted by atomic mass is 9.83. The van der Waals surface area contributed by atoms with Crippen LogP contribution in [0.3, 0.4) is 0 Å². The summed E-state index contributed by atoms with van der Waals surface area (Å²) in [6, 6.07) is 8.70. The van der Waals surface area contributed by atoms with E-state index in [0.29, 0.717) is 12.5 Å². The van der Waals surface area contributed by atoms with Gasteiger partial charge in [0.1, 0.15) is 0 Å². The van der Waals surface area contributed by atoms with E-state index in [9.17, 15) is 5.11 Å². The number of benzene rings is 1. The van der Waals surface area contributed by atoms with Crippen molar-refractivity contribution in [2.24, 2.45) is 5.92 Å². The fraction of sp³-hybridized carbons (Fsp3) is 0.429. The molecule has 3 rings (SSSR count). The van der Waals surface area contributed by atoms with Crippen molar-refractivity contribution in [1.29, 1.82) is 0 Å². The first-order valence-electron chi connectivity index (χ1n) is 5.81. The fourth-order valence-corrected chi connectivity index (χ4v) is 3.04. The van der Waals surface area contributed by atoms with Crippen molar-refractivity contribution < 1.29 is 5.11 Å². The Balaban J connectivity index is 2.06. The van der Waals surface area contributed by atoms with Gasteiger partial charge in [-0.3, -0.25) is 0 Å². The van der Waals surface area contributed by atoms with Crippen LogP contribution in [0.25, 0.3) is 5.57 Å². The molecule has 2 aliphatic rings. The quantitative estimate of drug-likeness (QED) is 0.739. The smallest absolute Gasteiger partial charge is 0.0496 e. The van der Waals surface area contributed by atoms with Gasteiger partial charge in [-0.15, -0.1) is 0 Å². The molecule has 1 N–H and O–H groups in total. The van der Waals surface area contributed by atoms with Gasteiger partial charge in [-0.2, -0.15) is 0 Å². The molecular weight excluding hydrogens is 184 g/mol. The molecule has 0 radical (unpaired) electrons. The highest BCUT2D eigenvalue weighted by molar-refractivity contribution is 5.77. The number of fused-ring (bicyclic) bond motifs is 2. The third kappa shape index (κ3) is 1.34. The zero-order valence-electron chi connectivity index (χ0n) is 8.87. The van der Waals surface area contributed by atoms with Gasteiger partial charge in [0, 0.05) is 12.5 Å². The van der Waals surface area contributed by atoms with Crippen molar-refractivity contribution in [1.82, 2.24) is 0 Å². The van der Waals surface area contributed by atoms with Crippen molar-refractivity contribution in [2.45, 2.75) is 25.7 Å². The Labute approximate surface area is 90.4 Å². The van der Waals surface area contributed by atoms with E-state index in [1.54, 1.807) is 0 Å². The maximum atomic E-state index is 9.38. The maximum absolute atomic E-state index is 9.38. The second kappa shape index (κ2) is 3.49. The number of allylic oxidation sites excluding steroid dienone is 1. The maximum Gasteiger partial charge on any atom is 0.0496 e. The zero-order valence-corrected chi connectivity index (χ0v) is 8.87. The SMILES string of the molecule is OCC1CCCC2=C1Cc1ccccc12. The summed E-state index contributed by atoms with van der Waals surface area (Å²) < 4.78 is 0. The molecule has 78 valence electrons. The molecule has 0 spiro atoms. The third-order valence-electron chi connectivity index (χ3n) is 3.80. The number of aliphatic hydroxyl groups excluding tert-OH is 1. The largest absolute Gasteiger partial charge is 0.396 e. The topological polar surface area (TPSA) is 20.2 Å². The van der Waals surface area contributed by atoms with Gasteiger partial charge in [0.2, 0.25) is 0 Å². The molecule has 0 heterocycles. The Morgan fingerprint density at radius 1 is 1.27 bits per heavy atom. The molecule has 2 aliphatic carbocycles. The third-order valence-corrected chi connectivity index (χ3v) is 3.80. The van der Waals surface area contributed by atoms with E-state index in [-0.39, 0.29) is 0 Å². The Bertz CT molecular complexity index is 417. The monoisotopic (exact) mass is 200 g/mol. The fourth-order valence-electron chi connectivity index (χ4n) is 3.04. The molecule has 1 aromatic carbocycles. The first kappa shape index (κ1) is 9.17. The predicted octanol–water partition coefficient (Wildman–Crippen LogP) is 2.79. The van der Waals surface area contributed by atoms with Crippen LogP contribution in [0.15, 0.2) is 29.8 Å². The Kier molecular flexibility index (Phi) is 2.14. The molecule has 1 nitrogen and oxygen atoms in total. The van der Waals surface area contributed by atoms with E-state index in [2.05, 4.69) is 24.3 Å². The number of hydrogen-bond acceptors (Lipinski definition) is 1. The van der Waals surface area contributed by atoms with Gasteiger partial charge < -0.3 is 5.11 Å². The summed E-state index contributed by atoms with van der Waals surface area (Å²) >= 11 is 0.